The SMILES string of the molecule is COC(=O)CCN(Cc1nc(-c2ccc(C(C)C)cc2)no1)CC1CCCO1. The van der Waals surface area contributed by atoms with Crippen LogP contribution in [0.15, 0.2) is 28.8 Å². The number of ether oxygens (including phenoxy) is 2. The number of hydrogen-bond acceptors (Lipinski definition) is 7. The molecule has 1 aromatic carbocycles. The van der Waals surface area contributed by atoms with Gasteiger partial charge in [-0.1, -0.05) is 43.3 Å². The van der Waals surface area contributed by atoms with E-state index in [0.717, 1.165) is 31.6 Å². The van der Waals surface area contributed by atoms with Gasteiger partial charge in [-0.05, 0) is 24.3 Å². The van der Waals surface area contributed by atoms with Crippen LogP contribution in [0.1, 0.15) is 50.5 Å². The molecule has 0 amide bonds. The molecule has 0 radical (unpaired) electrons. The Hall–Kier alpha value is -2.25. The molecule has 0 saturated carbocycles. The summed E-state index contributed by atoms with van der Waals surface area (Å²) in [7, 11) is 1.40. The lowest BCUT2D eigenvalue weighted by atomic mass is 10.0. The summed E-state index contributed by atoms with van der Waals surface area (Å²) in [6.45, 7) is 6.91. The van der Waals surface area contributed by atoms with Gasteiger partial charge in [-0.2, -0.15) is 4.98 Å². The summed E-state index contributed by atoms with van der Waals surface area (Å²) in [6, 6.07) is 8.23. The lowest BCUT2D eigenvalue weighted by Gasteiger charge is -2.23. The highest BCUT2D eigenvalue weighted by Gasteiger charge is 2.22. The first kappa shape index (κ1) is 20.5. The van der Waals surface area contributed by atoms with E-state index in [9.17, 15) is 4.79 Å². The van der Waals surface area contributed by atoms with Gasteiger partial charge in [0.15, 0.2) is 0 Å². The highest BCUT2D eigenvalue weighted by atomic mass is 16.5. The van der Waals surface area contributed by atoms with Gasteiger partial charge >= 0.3 is 5.97 Å². The summed E-state index contributed by atoms with van der Waals surface area (Å²) in [6.07, 6.45) is 2.61. The summed E-state index contributed by atoms with van der Waals surface area (Å²) in [5.41, 5.74) is 2.21. The smallest absolute Gasteiger partial charge is 0.306 e. The number of rotatable bonds is 9. The molecule has 1 aromatic heterocycles. The summed E-state index contributed by atoms with van der Waals surface area (Å²) in [5, 5.41) is 4.12. The number of hydrogen-bond donors (Lipinski definition) is 0. The minimum absolute atomic E-state index is 0.184. The summed E-state index contributed by atoms with van der Waals surface area (Å²) < 4.78 is 16.0. The Morgan fingerprint density at radius 2 is 2.11 bits per heavy atom. The van der Waals surface area contributed by atoms with Crippen LogP contribution < -0.4 is 0 Å². The van der Waals surface area contributed by atoms with Crippen molar-refractivity contribution in [3.05, 3.63) is 35.7 Å². The Bertz CT molecular complexity index is 751. The van der Waals surface area contributed by atoms with E-state index in [2.05, 4.69) is 41.0 Å². The Morgan fingerprint density at radius 1 is 1.32 bits per heavy atom. The van der Waals surface area contributed by atoms with Gasteiger partial charge in [0.2, 0.25) is 11.7 Å². The second-order valence-corrected chi connectivity index (χ2v) is 7.48. The van der Waals surface area contributed by atoms with Crippen LogP contribution in [0.2, 0.25) is 0 Å². The average molecular weight is 387 g/mol. The van der Waals surface area contributed by atoms with Crippen molar-refractivity contribution in [1.82, 2.24) is 15.0 Å². The molecule has 3 rings (SSSR count). The third-order valence-corrected chi connectivity index (χ3v) is 5.01. The van der Waals surface area contributed by atoms with Crippen molar-refractivity contribution in [1.29, 1.82) is 0 Å². The normalized spacial score (nSPS) is 16.8. The van der Waals surface area contributed by atoms with Gasteiger partial charge in [0, 0.05) is 25.3 Å². The molecule has 28 heavy (non-hydrogen) atoms. The quantitative estimate of drug-likeness (QED) is 0.610. The molecule has 0 N–H and O–H groups in total. The summed E-state index contributed by atoms with van der Waals surface area (Å²) >= 11 is 0. The average Bonchev–Trinajstić information content (AvgIpc) is 3.38. The van der Waals surface area contributed by atoms with Crippen LogP contribution in [0.25, 0.3) is 11.4 Å². The molecule has 0 bridgehead atoms. The monoisotopic (exact) mass is 387 g/mol. The Labute approximate surface area is 166 Å². The van der Waals surface area contributed by atoms with Gasteiger partial charge in [0.1, 0.15) is 0 Å². The van der Waals surface area contributed by atoms with Gasteiger partial charge < -0.3 is 14.0 Å². The van der Waals surface area contributed by atoms with Gasteiger partial charge in [0.25, 0.3) is 0 Å². The maximum absolute atomic E-state index is 11.5. The molecule has 1 saturated heterocycles. The number of carbonyl (C=O) groups excluding carboxylic acids is 1. The van der Waals surface area contributed by atoms with Crippen molar-refractivity contribution < 1.29 is 18.8 Å². The zero-order valence-electron chi connectivity index (χ0n) is 16.9. The third-order valence-electron chi connectivity index (χ3n) is 5.01. The van der Waals surface area contributed by atoms with Crippen LogP contribution in [-0.2, 0) is 20.8 Å². The number of benzene rings is 1. The van der Waals surface area contributed by atoms with Crippen molar-refractivity contribution in [2.45, 2.75) is 51.7 Å². The first-order valence-electron chi connectivity index (χ1n) is 9.89. The van der Waals surface area contributed by atoms with Crippen LogP contribution in [0, 0.1) is 0 Å². The Morgan fingerprint density at radius 3 is 2.75 bits per heavy atom. The van der Waals surface area contributed by atoms with Crippen LogP contribution in [0.3, 0.4) is 0 Å². The van der Waals surface area contributed by atoms with Crippen LogP contribution in [0.5, 0.6) is 0 Å². The predicted octanol–water partition coefficient (Wildman–Crippen LogP) is 3.40. The molecule has 0 spiro atoms. The maximum atomic E-state index is 11.5. The van der Waals surface area contributed by atoms with Crippen LogP contribution in [0.4, 0.5) is 0 Å². The van der Waals surface area contributed by atoms with Crippen LogP contribution >= 0.6 is 0 Å². The van der Waals surface area contributed by atoms with Crippen LogP contribution in [-0.4, -0.2) is 53.9 Å². The van der Waals surface area contributed by atoms with E-state index in [-0.39, 0.29) is 12.1 Å². The highest BCUT2D eigenvalue weighted by Crippen LogP contribution is 2.21. The molecule has 1 aliphatic heterocycles. The molecule has 1 aliphatic rings. The molecular weight excluding hydrogens is 358 g/mol. The molecular formula is C21H29N3O4. The van der Waals surface area contributed by atoms with Crippen molar-refractivity contribution in [3.8, 4) is 11.4 Å². The molecule has 7 heteroatoms. The fourth-order valence-electron chi connectivity index (χ4n) is 3.31. The fraction of sp³-hybridized carbons (Fsp3) is 0.571. The predicted molar refractivity (Wildman–Crippen MR) is 105 cm³/mol. The largest absolute Gasteiger partial charge is 0.469 e. The number of carbonyl (C=O) groups is 1. The fourth-order valence-corrected chi connectivity index (χ4v) is 3.31. The van der Waals surface area contributed by atoms with E-state index in [1.807, 2.05) is 12.1 Å². The minimum Gasteiger partial charge on any atom is -0.469 e. The first-order valence-corrected chi connectivity index (χ1v) is 9.89. The molecule has 7 nitrogen and oxygen atoms in total. The number of aromatic nitrogens is 2. The van der Waals surface area contributed by atoms with Crippen molar-refractivity contribution in [2.24, 2.45) is 0 Å². The summed E-state index contributed by atoms with van der Waals surface area (Å²) in [5.74, 6) is 1.37. The highest BCUT2D eigenvalue weighted by molar-refractivity contribution is 5.69. The maximum Gasteiger partial charge on any atom is 0.306 e. The summed E-state index contributed by atoms with van der Waals surface area (Å²) in [4.78, 5) is 18.2. The van der Waals surface area contributed by atoms with Crippen molar-refractivity contribution in [3.63, 3.8) is 0 Å². The van der Waals surface area contributed by atoms with E-state index in [4.69, 9.17) is 14.0 Å². The molecule has 2 heterocycles. The number of esters is 1. The standard InChI is InChI=1S/C21H29N3O4/c1-15(2)16-6-8-17(9-7-16)21-22-19(28-23-21)14-24(11-10-20(25)26-3)13-18-5-4-12-27-18/h6-9,15,18H,4-5,10-14H2,1-3H3. The number of nitrogens with zero attached hydrogens (tertiary/aromatic N) is 3. The van der Waals surface area contributed by atoms with E-state index < -0.39 is 0 Å². The van der Waals surface area contributed by atoms with E-state index in [0.29, 0.717) is 37.1 Å². The second kappa shape index (κ2) is 9.80. The topological polar surface area (TPSA) is 77.7 Å². The lowest BCUT2D eigenvalue weighted by molar-refractivity contribution is -0.141. The first-order chi connectivity index (χ1) is 13.5. The zero-order valence-corrected chi connectivity index (χ0v) is 16.9. The van der Waals surface area contributed by atoms with Gasteiger partial charge in [-0.3, -0.25) is 9.69 Å². The van der Waals surface area contributed by atoms with E-state index >= 15 is 0 Å². The molecule has 2 aromatic rings. The van der Waals surface area contributed by atoms with Crippen molar-refractivity contribution in [2.75, 3.05) is 26.8 Å². The van der Waals surface area contributed by atoms with E-state index in [1.165, 1.54) is 12.7 Å². The second-order valence-electron chi connectivity index (χ2n) is 7.48. The Balaban J connectivity index is 1.65. The molecule has 1 atom stereocenters. The lowest BCUT2D eigenvalue weighted by Crippen LogP contribution is -2.33. The van der Waals surface area contributed by atoms with Gasteiger partial charge in [0.05, 0.1) is 26.2 Å². The van der Waals surface area contributed by atoms with E-state index in [1.54, 1.807) is 0 Å². The van der Waals surface area contributed by atoms with Gasteiger partial charge in [-0.15, -0.1) is 0 Å². The molecule has 0 aliphatic carbocycles. The minimum atomic E-state index is -0.228. The van der Waals surface area contributed by atoms with Gasteiger partial charge in [-0.25, -0.2) is 0 Å². The third kappa shape index (κ3) is 5.62. The number of methoxy groups -OCH3 is 1. The molecule has 152 valence electrons. The molecule has 1 unspecified atom stereocenters. The Kier molecular flexibility index (Phi) is 7.17. The molecule has 1 fully saturated rings. The van der Waals surface area contributed by atoms with Crippen molar-refractivity contribution >= 4 is 5.97 Å². The zero-order chi connectivity index (χ0) is 19.9.